The first-order valence-electron chi connectivity index (χ1n) is 5.59. The molecule has 1 unspecified atom stereocenters. The topological polar surface area (TPSA) is 24.5 Å². The van der Waals surface area contributed by atoms with E-state index in [2.05, 4.69) is 31.0 Å². The fraction of sp³-hybridized carbons (Fsp3) is 0.909. The van der Waals surface area contributed by atoms with E-state index in [0.717, 1.165) is 18.0 Å². The van der Waals surface area contributed by atoms with Gasteiger partial charge < -0.3 is 15.0 Å². The van der Waals surface area contributed by atoms with E-state index in [1.807, 2.05) is 7.05 Å². The third-order valence-electron chi connectivity index (χ3n) is 2.60. The molecule has 0 aromatic heterocycles. The Morgan fingerprint density at radius 3 is 2.33 bits per heavy atom. The highest BCUT2D eigenvalue weighted by Gasteiger charge is 2.14. The smallest absolute Gasteiger partial charge is 0.169 e. The Labute approximate surface area is 99.2 Å². The average molecular weight is 232 g/mol. The summed E-state index contributed by atoms with van der Waals surface area (Å²) >= 11 is 5.34. The Bertz CT molecular complexity index is 183. The van der Waals surface area contributed by atoms with Crippen molar-refractivity contribution in [2.24, 2.45) is 0 Å². The molecule has 3 nitrogen and oxygen atoms in total. The van der Waals surface area contributed by atoms with Crippen LogP contribution in [0.1, 0.15) is 33.6 Å². The Hall–Kier alpha value is -0.350. The highest BCUT2D eigenvalue weighted by molar-refractivity contribution is 7.80. The lowest BCUT2D eigenvalue weighted by Gasteiger charge is -2.30. The molecule has 0 radical (unpaired) electrons. The van der Waals surface area contributed by atoms with E-state index in [4.69, 9.17) is 17.0 Å². The fourth-order valence-electron chi connectivity index (χ4n) is 1.61. The minimum Gasteiger partial charge on any atom is -0.383 e. The summed E-state index contributed by atoms with van der Waals surface area (Å²) in [6.45, 7) is 7.12. The molecule has 0 bridgehead atoms. The molecule has 0 heterocycles. The number of hydrogen-bond donors (Lipinski definition) is 1. The second-order valence-corrected chi connectivity index (χ2v) is 4.27. The first-order valence-corrected chi connectivity index (χ1v) is 5.99. The number of hydrogen-bond acceptors (Lipinski definition) is 2. The molecule has 0 amide bonds. The zero-order chi connectivity index (χ0) is 11.8. The first kappa shape index (κ1) is 14.6. The highest BCUT2D eigenvalue weighted by Crippen LogP contribution is 2.06. The van der Waals surface area contributed by atoms with Crippen LogP contribution >= 0.6 is 12.2 Å². The standard InChI is InChI=1S/C11H24N2OS/c1-6-10(7-2)13(4)11(15)12-9(3)8-14-5/h9-10H,6-8H2,1-5H3,(H,12,15). The summed E-state index contributed by atoms with van der Waals surface area (Å²) < 4.78 is 5.06. The zero-order valence-electron chi connectivity index (χ0n) is 10.5. The van der Waals surface area contributed by atoms with Crippen molar-refractivity contribution in [3.8, 4) is 0 Å². The van der Waals surface area contributed by atoms with Gasteiger partial charge in [-0.15, -0.1) is 0 Å². The summed E-state index contributed by atoms with van der Waals surface area (Å²) in [5.74, 6) is 0. The largest absolute Gasteiger partial charge is 0.383 e. The van der Waals surface area contributed by atoms with Crippen molar-refractivity contribution in [2.75, 3.05) is 20.8 Å². The van der Waals surface area contributed by atoms with E-state index in [0.29, 0.717) is 12.6 Å². The zero-order valence-corrected chi connectivity index (χ0v) is 11.4. The molecule has 0 aromatic rings. The van der Waals surface area contributed by atoms with E-state index >= 15 is 0 Å². The van der Waals surface area contributed by atoms with Crippen molar-refractivity contribution in [3.63, 3.8) is 0 Å². The number of nitrogens with one attached hydrogen (secondary N) is 1. The van der Waals surface area contributed by atoms with E-state index in [-0.39, 0.29) is 6.04 Å². The molecular weight excluding hydrogens is 208 g/mol. The van der Waals surface area contributed by atoms with Crippen LogP contribution in [0, 0.1) is 0 Å². The maximum atomic E-state index is 5.34. The minimum atomic E-state index is 0.263. The van der Waals surface area contributed by atoms with Crippen LogP contribution in [-0.4, -0.2) is 42.9 Å². The lowest BCUT2D eigenvalue weighted by Crippen LogP contribution is -2.47. The second-order valence-electron chi connectivity index (χ2n) is 3.89. The lowest BCUT2D eigenvalue weighted by molar-refractivity contribution is 0.177. The maximum Gasteiger partial charge on any atom is 0.169 e. The lowest BCUT2D eigenvalue weighted by atomic mass is 10.1. The molecule has 0 aliphatic rings. The molecule has 4 heteroatoms. The summed E-state index contributed by atoms with van der Waals surface area (Å²) in [5.41, 5.74) is 0. The summed E-state index contributed by atoms with van der Waals surface area (Å²) in [5, 5.41) is 4.08. The average Bonchev–Trinajstić information content (AvgIpc) is 2.19. The molecule has 0 aromatic carbocycles. The van der Waals surface area contributed by atoms with Crippen LogP contribution in [0.4, 0.5) is 0 Å². The number of thiocarbonyl (C=S) groups is 1. The predicted molar refractivity (Wildman–Crippen MR) is 69.2 cm³/mol. The van der Waals surface area contributed by atoms with Gasteiger partial charge in [0.1, 0.15) is 0 Å². The van der Waals surface area contributed by atoms with Crippen molar-refractivity contribution in [3.05, 3.63) is 0 Å². The number of methoxy groups -OCH3 is 1. The molecule has 0 fully saturated rings. The quantitative estimate of drug-likeness (QED) is 0.708. The molecule has 0 rings (SSSR count). The number of ether oxygens (including phenoxy) is 1. The SMILES string of the molecule is CCC(CC)N(C)C(=S)NC(C)COC. The van der Waals surface area contributed by atoms with Crippen molar-refractivity contribution in [2.45, 2.75) is 45.7 Å². The highest BCUT2D eigenvalue weighted by atomic mass is 32.1. The monoisotopic (exact) mass is 232 g/mol. The maximum absolute atomic E-state index is 5.34. The van der Waals surface area contributed by atoms with Crippen LogP contribution in [0.5, 0.6) is 0 Å². The van der Waals surface area contributed by atoms with Gasteiger partial charge in [0, 0.05) is 26.2 Å². The Balaban J connectivity index is 4.07. The summed E-state index contributed by atoms with van der Waals surface area (Å²) in [6, 6.07) is 0.791. The van der Waals surface area contributed by atoms with Crippen molar-refractivity contribution < 1.29 is 4.74 Å². The molecule has 0 saturated heterocycles. The normalized spacial score (nSPS) is 12.7. The molecular formula is C11H24N2OS. The van der Waals surface area contributed by atoms with Gasteiger partial charge in [0.25, 0.3) is 0 Å². The molecule has 1 atom stereocenters. The Kier molecular flexibility index (Phi) is 7.70. The summed E-state index contributed by atoms with van der Waals surface area (Å²) in [4.78, 5) is 2.14. The number of nitrogens with zero attached hydrogens (tertiary/aromatic N) is 1. The van der Waals surface area contributed by atoms with Gasteiger partial charge in [0.05, 0.1) is 6.61 Å². The third kappa shape index (κ3) is 5.33. The van der Waals surface area contributed by atoms with E-state index in [1.165, 1.54) is 0 Å². The second kappa shape index (κ2) is 7.88. The number of rotatable bonds is 6. The van der Waals surface area contributed by atoms with Crippen molar-refractivity contribution in [1.82, 2.24) is 10.2 Å². The fourth-order valence-corrected chi connectivity index (χ4v) is 1.96. The van der Waals surface area contributed by atoms with E-state index < -0.39 is 0 Å². The van der Waals surface area contributed by atoms with Gasteiger partial charge in [-0.05, 0) is 32.0 Å². The van der Waals surface area contributed by atoms with Gasteiger partial charge in [-0.3, -0.25) is 0 Å². The van der Waals surface area contributed by atoms with Crippen LogP contribution in [0.2, 0.25) is 0 Å². The van der Waals surface area contributed by atoms with Gasteiger partial charge in [0.15, 0.2) is 5.11 Å². The van der Waals surface area contributed by atoms with Gasteiger partial charge >= 0.3 is 0 Å². The van der Waals surface area contributed by atoms with Gasteiger partial charge in [-0.1, -0.05) is 13.8 Å². The van der Waals surface area contributed by atoms with Crippen LogP contribution in [0.3, 0.4) is 0 Å². The molecule has 90 valence electrons. The summed E-state index contributed by atoms with van der Waals surface area (Å²) in [7, 11) is 3.75. The third-order valence-corrected chi connectivity index (χ3v) is 3.00. The molecule has 0 spiro atoms. The molecule has 0 aliphatic heterocycles. The molecule has 15 heavy (non-hydrogen) atoms. The minimum absolute atomic E-state index is 0.263. The molecule has 0 aliphatic carbocycles. The summed E-state index contributed by atoms with van der Waals surface area (Å²) in [6.07, 6.45) is 2.24. The molecule has 0 saturated carbocycles. The van der Waals surface area contributed by atoms with E-state index in [9.17, 15) is 0 Å². The van der Waals surface area contributed by atoms with Gasteiger partial charge in [-0.25, -0.2) is 0 Å². The first-order chi connectivity index (χ1) is 7.06. The van der Waals surface area contributed by atoms with Crippen molar-refractivity contribution >= 4 is 17.3 Å². The van der Waals surface area contributed by atoms with Gasteiger partial charge in [0.2, 0.25) is 0 Å². The van der Waals surface area contributed by atoms with Crippen molar-refractivity contribution in [1.29, 1.82) is 0 Å². The Morgan fingerprint density at radius 2 is 1.93 bits per heavy atom. The van der Waals surface area contributed by atoms with E-state index in [1.54, 1.807) is 7.11 Å². The van der Waals surface area contributed by atoms with Gasteiger partial charge in [-0.2, -0.15) is 0 Å². The molecule has 1 N–H and O–H groups in total. The van der Waals surface area contributed by atoms with Crippen LogP contribution in [-0.2, 0) is 4.74 Å². The van der Waals surface area contributed by atoms with Crippen LogP contribution < -0.4 is 5.32 Å². The van der Waals surface area contributed by atoms with Crippen LogP contribution in [0.25, 0.3) is 0 Å². The Morgan fingerprint density at radius 1 is 1.40 bits per heavy atom. The predicted octanol–water partition coefficient (Wildman–Crippen LogP) is 2.02. The van der Waals surface area contributed by atoms with Crippen LogP contribution in [0.15, 0.2) is 0 Å².